The summed E-state index contributed by atoms with van der Waals surface area (Å²) in [5.74, 6) is 1.60. The van der Waals surface area contributed by atoms with Crippen molar-refractivity contribution in [1.82, 2.24) is 14.9 Å². The van der Waals surface area contributed by atoms with Gasteiger partial charge in [-0.1, -0.05) is 17.8 Å². The number of nitrogens with zero attached hydrogens (tertiary/aromatic N) is 3. The van der Waals surface area contributed by atoms with Crippen LogP contribution in [0.2, 0.25) is 0 Å². The zero-order chi connectivity index (χ0) is 12.1. The van der Waals surface area contributed by atoms with E-state index in [1.165, 1.54) is 0 Å². The minimum Gasteiger partial charge on any atom is -0.370 e. The van der Waals surface area contributed by atoms with E-state index in [9.17, 15) is 0 Å². The fraction of sp³-hybridized carbons (Fsp3) is 0.455. The lowest BCUT2D eigenvalue weighted by molar-refractivity contribution is 0.719. The number of aryl methyl sites for hydroxylation is 1. The summed E-state index contributed by atoms with van der Waals surface area (Å²) in [6, 6.07) is 0. The van der Waals surface area contributed by atoms with Crippen molar-refractivity contribution in [3.8, 4) is 0 Å². The van der Waals surface area contributed by atoms with Gasteiger partial charge in [0.05, 0.1) is 5.69 Å². The zero-order valence-electron chi connectivity index (χ0n) is 9.72. The predicted octanol–water partition coefficient (Wildman–Crippen LogP) is 0.622. The van der Waals surface area contributed by atoms with E-state index in [-0.39, 0.29) is 0 Å². The average molecular weight is 251 g/mol. The number of imidazole rings is 1. The minimum atomic E-state index is 0.464. The van der Waals surface area contributed by atoms with Crippen LogP contribution < -0.4 is 11.1 Å². The van der Waals surface area contributed by atoms with E-state index >= 15 is 0 Å². The highest BCUT2D eigenvalue weighted by atomic mass is 32.2. The highest BCUT2D eigenvalue weighted by Gasteiger charge is 2.13. The van der Waals surface area contributed by atoms with Gasteiger partial charge in [0.25, 0.3) is 0 Å². The number of aromatic nitrogens is 2. The van der Waals surface area contributed by atoms with Gasteiger partial charge in [-0.3, -0.25) is 4.99 Å². The van der Waals surface area contributed by atoms with Crippen molar-refractivity contribution in [3.63, 3.8) is 0 Å². The first-order chi connectivity index (χ1) is 8.29. The van der Waals surface area contributed by atoms with Gasteiger partial charge in [0, 0.05) is 38.0 Å². The number of aliphatic imine (C=N–C) groups is 1. The Balaban J connectivity index is 1.79. The minimum absolute atomic E-state index is 0.464. The molecule has 0 atom stereocenters. The molecule has 0 fully saturated rings. The molecule has 92 valence electrons. The summed E-state index contributed by atoms with van der Waals surface area (Å²) in [5.41, 5.74) is 6.75. The fourth-order valence-electron chi connectivity index (χ4n) is 1.61. The lowest BCUT2D eigenvalue weighted by Gasteiger charge is -2.01. The van der Waals surface area contributed by atoms with Crippen molar-refractivity contribution in [2.24, 2.45) is 10.7 Å². The predicted molar refractivity (Wildman–Crippen MR) is 71.3 cm³/mol. The van der Waals surface area contributed by atoms with Crippen molar-refractivity contribution >= 4 is 17.7 Å². The molecule has 1 aromatic heterocycles. The lowest BCUT2D eigenvalue weighted by Crippen LogP contribution is -2.31. The van der Waals surface area contributed by atoms with Crippen LogP contribution in [-0.4, -0.2) is 34.4 Å². The molecule has 0 aromatic carbocycles. The van der Waals surface area contributed by atoms with Crippen molar-refractivity contribution < 1.29 is 0 Å². The quantitative estimate of drug-likeness (QED) is 0.457. The van der Waals surface area contributed by atoms with Gasteiger partial charge in [-0.2, -0.15) is 0 Å². The molecule has 6 heteroatoms. The smallest absolute Gasteiger partial charge is 0.188 e. The molecule has 1 aliphatic rings. The molecule has 0 radical (unpaired) electrons. The van der Waals surface area contributed by atoms with E-state index < -0.39 is 0 Å². The van der Waals surface area contributed by atoms with Gasteiger partial charge >= 0.3 is 0 Å². The number of hydrogen-bond acceptors (Lipinski definition) is 3. The molecule has 0 aliphatic carbocycles. The van der Waals surface area contributed by atoms with E-state index in [0.29, 0.717) is 19.0 Å². The second-order valence-electron chi connectivity index (χ2n) is 3.74. The first-order valence-corrected chi connectivity index (χ1v) is 6.61. The Hall–Kier alpha value is -1.43. The van der Waals surface area contributed by atoms with Crippen LogP contribution in [0, 0.1) is 0 Å². The van der Waals surface area contributed by atoms with Crippen LogP contribution in [0.4, 0.5) is 0 Å². The Morgan fingerprint density at radius 1 is 1.76 bits per heavy atom. The molecule has 0 spiro atoms. The number of rotatable bonds is 5. The van der Waals surface area contributed by atoms with Crippen molar-refractivity contribution in [2.75, 3.05) is 18.8 Å². The largest absolute Gasteiger partial charge is 0.370 e. The van der Waals surface area contributed by atoms with Crippen LogP contribution in [0.25, 0.3) is 0 Å². The third-order valence-corrected chi connectivity index (χ3v) is 3.40. The van der Waals surface area contributed by atoms with E-state index in [1.54, 1.807) is 6.08 Å². The van der Waals surface area contributed by atoms with E-state index in [0.717, 1.165) is 29.6 Å². The molecule has 0 amide bonds. The molecule has 0 saturated carbocycles. The Labute approximate surface area is 105 Å². The van der Waals surface area contributed by atoms with Crippen molar-refractivity contribution in [3.05, 3.63) is 24.5 Å². The molecule has 0 saturated heterocycles. The Bertz CT molecular complexity index is 402. The summed E-state index contributed by atoms with van der Waals surface area (Å²) in [6.45, 7) is 5.98. The molecule has 3 N–H and O–H groups in total. The van der Waals surface area contributed by atoms with Gasteiger partial charge in [0.2, 0.25) is 0 Å². The second kappa shape index (κ2) is 5.77. The SMILES string of the molecule is C=CCNC(N)=NCCc1cn2c(n1)SCC2. The van der Waals surface area contributed by atoms with Crippen LogP contribution in [0.15, 0.2) is 29.0 Å². The molecular weight excluding hydrogens is 234 g/mol. The van der Waals surface area contributed by atoms with Crippen LogP contribution in [0.3, 0.4) is 0 Å². The Morgan fingerprint density at radius 3 is 3.41 bits per heavy atom. The number of guanidine groups is 1. The van der Waals surface area contributed by atoms with Gasteiger partial charge in [0.15, 0.2) is 11.1 Å². The topological polar surface area (TPSA) is 68.2 Å². The maximum atomic E-state index is 5.66. The molecule has 0 bridgehead atoms. The Kier molecular flexibility index (Phi) is 4.08. The van der Waals surface area contributed by atoms with E-state index in [1.807, 2.05) is 11.8 Å². The van der Waals surface area contributed by atoms with Crippen LogP contribution in [0.1, 0.15) is 5.69 Å². The standard InChI is InChI=1S/C11H17N5S/c1-2-4-13-10(12)14-5-3-9-8-16-6-7-17-11(16)15-9/h2,8H,1,3-7H2,(H3,12,13,14). The maximum Gasteiger partial charge on any atom is 0.188 e. The summed E-state index contributed by atoms with van der Waals surface area (Å²) < 4.78 is 2.20. The molecule has 5 nitrogen and oxygen atoms in total. The summed E-state index contributed by atoms with van der Waals surface area (Å²) in [4.78, 5) is 8.75. The molecule has 1 aliphatic heterocycles. The van der Waals surface area contributed by atoms with Crippen LogP contribution in [0.5, 0.6) is 0 Å². The van der Waals surface area contributed by atoms with Gasteiger partial charge in [-0.05, 0) is 0 Å². The molecular formula is C11H17N5S. The summed E-state index contributed by atoms with van der Waals surface area (Å²) >= 11 is 1.81. The van der Waals surface area contributed by atoms with E-state index in [2.05, 4.69) is 32.6 Å². The van der Waals surface area contributed by atoms with Gasteiger partial charge in [0.1, 0.15) is 0 Å². The number of fused-ring (bicyclic) bond motifs is 1. The van der Waals surface area contributed by atoms with Gasteiger partial charge in [-0.25, -0.2) is 4.98 Å². The lowest BCUT2D eigenvalue weighted by atomic mass is 10.3. The summed E-state index contributed by atoms with van der Waals surface area (Å²) in [6.07, 6.45) is 4.69. The normalized spacial score (nSPS) is 14.7. The summed E-state index contributed by atoms with van der Waals surface area (Å²) in [5, 5.41) is 4.06. The van der Waals surface area contributed by atoms with Crippen molar-refractivity contribution in [2.45, 2.75) is 18.1 Å². The van der Waals surface area contributed by atoms with Gasteiger partial charge in [-0.15, -0.1) is 6.58 Å². The first kappa shape index (κ1) is 12.0. The monoisotopic (exact) mass is 251 g/mol. The third-order valence-electron chi connectivity index (χ3n) is 2.43. The molecule has 0 unspecified atom stereocenters. The van der Waals surface area contributed by atoms with Crippen molar-refractivity contribution in [1.29, 1.82) is 0 Å². The molecule has 1 aromatic rings. The zero-order valence-corrected chi connectivity index (χ0v) is 10.5. The second-order valence-corrected chi connectivity index (χ2v) is 4.81. The average Bonchev–Trinajstić information content (AvgIpc) is 2.86. The highest BCUT2D eigenvalue weighted by molar-refractivity contribution is 7.99. The molecule has 2 rings (SSSR count). The first-order valence-electron chi connectivity index (χ1n) is 5.63. The number of nitrogens with two attached hydrogens (primary N) is 1. The highest BCUT2D eigenvalue weighted by Crippen LogP contribution is 2.24. The van der Waals surface area contributed by atoms with Gasteiger partial charge < -0.3 is 15.6 Å². The van der Waals surface area contributed by atoms with Crippen LogP contribution >= 0.6 is 11.8 Å². The summed E-state index contributed by atoms with van der Waals surface area (Å²) in [7, 11) is 0. The number of nitrogens with one attached hydrogen (secondary N) is 1. The maximum absolute atomic E-state index is 5.66. The number of thioether (sulfide) groups is 1. The number of hydrogen-bond donors (Lipinski definition) is 2. The third kappa shape index (κ3) is 3.26. The van der Waals surface area contributed by atoms with E-state index in [4.69, 9.17) is 5.73 Å². The molecule has 17 heavy (non-hydrogen) atoms. The molecule has 2 heterocycles. The van der Waals surface area contributed by atoms with Crippen LogP contribution in [-0.2, 0) is 13.0 Å². The fourth-order valence-corrected chi connectivity index (χ4v) is 2.57. The Morgan fingerprint density at radius 2 is 2.65 bits per heavy atom.